The first kappa shape index (κ1) is 13.0. The molecule has 0 unspecified atom stereocenters. The number of anilines is 2. The van der Waals surface area contributed by atoms with E-state index in [1.807, 2.05) is 44.2 Å². The molecule has 0 amide bonds. The minimum Gasteiger partial charge on any atom is -0.338 e. The Morgan fingerprint density at radius 3 is 2.42 bits per heavy atom. The van der Waals surface area contributed by atoms with Crippen LogP contribution in [0.1, 0.15) is 30.7 Å². The summed E-state index contributed by atoms with van der Waals surface area (Å²) < 4.78 is 0. The zero-order valence-electron chi connectivity index (χ0n) is 11.1. The third-order valence-electron chi connectivity index (χ3n) is 2.99. The lowest BCUT2D eigenvalue weighted by molar-refractivity contribution is 0.877. The number of para-hydroxylation sites is 1. The van der Waals surface area contributed by atoms with Crippen LogP contribution in [0.2, 0.25) is 0 Å². The van der Waals surface area contributed by atoms with Crippen LogP contribution in [0, 0.1) is 11.3 Å². The van der Waals surface area contributed by atoms with E-state index in [0.717, 1.165) is 29.8 Å². The summed E-state index contributed by atoms with van der Waals surface area (Å²) in [6.45, 7) is 4.05. The standard InChI is InChI=1S/C15H16N4/c1-3-12-13(10-16)15(19-18-14(12)4-2)17-11-8-6-5-7-9-11/h5-9H,3-4H2,1-2H3,(H,17,19). The van der Waals surface area contributed by atoms with Gasteiger partial charge in [0.1, 0.15) is 11.6 Å². The van der Waals surface area contributed by atoms with E-state index in [0.29, 0.717) is 11.4 Å². The first-order valence-electron chi connectivity index (χ1n) is 6.40. The van der Waals surface area contributed by atoms with Crippen molar-refractivity contribution in [2.75, 3.05) is 5.32 Å². The molecule has 2 rings (SSSR count). The number of nitrogens with zero attached hydrogens (tertiary/aromatic N) is 3. The lowest BCUT2D eigenvalue weighted by atomic mass is 10.0. The van der Waals surface area contributed by atoms with Gasteiger partial charge in [-0.05, 0) is 30.5 Å². The van der Waals surface area contributed by atoms with E-state index in [2.05, 4.69) is 21.6 Å². The van der Waals surface area contributed by atoms with Crippen LogP contribution in [-0.2, 0) is 12.8 Å². The van der Waals surface area contributed by atoms with Gasteiger partial charge in [-0.1, -0.05) is 32.0 Å². The molecule has 0 atom stereocenters. The Kier molecular flexibility index (Phi) is 4.09. The summed E-state index contributed by atoms with van der Waals surface area (Å²) in [7, 11) is 0. The van der Waals surface area contributed by atoms with Gasteiger partial charge in [0.25, 0.3) is 0 Å². The number of hydrogen-bond donors (Lipinski definition) is 1. The highest BCUT2D eigenvalue weighted by Crippen LogP contribution is 2.22. The highest BCUT2D eigenvalue weighted by molar-refractivity contribution is 5.64. The topological polar surface area (TPSA) is 61.6 Å². The maximum atomic E-state index is 9.37. The molecule has 1 aromatic carbocycles. The van der Waals surface area contributed by atoms with Crippen molar-refractivity contribution in [3.63, 3.8) is 0 Å². The van der Waals surface area contributed by atoms with Gasteiger partial charge in [-0.3, -0.25) is 0 Å². The Hall–Kier alpha value is -2.41. The summed E-state index contributed by atoms with van der Waals surface area (Å²) in [6, 6.07) is 11.9. The second-order valence-electron chi connectivity index (χ2n) is 4.16. The smallest absolute Gasteiger partial charge is 0.171 e. The molecule has 0 spiro atoms. The molecule has 0 saturated heterocycles. The number of nitrogens with one attached hydrogen (secondary N) is 1. The predicted octanol–water partition coefficient (Wildman–Crippen LogP) is 3.22. The first-order chi connectivity index (χ1) is 9.30. The lowest BCUT2D eigenvalue weighted by Crippen LogP contribution is -2.07. The summed E-state index contributed by atoms with van der Waals surface area (Å²) in [4.78, 5) is 0. The third-order valence-corrected chi connectivity index (χ3v) is 2.99. The molecule has 0 saturated carbocycles. The second-order valence-corrected chi connectivity index (χ2v) is 4.16. The SMILES string of the molecule is CCc1nnc(Nc2ccccc2)c(C#N)c1CC. The molecule has 1 N–H and O–H groups in total. The van der Waals surface area contributed by atoms with Gasteiger partial charge < -0.3 is 5.32 Å². The number of benzene rings is 1. The van der Waals surface area contributed by atoms with Crippen LogP contribution in [-0.4, -0.2) is 10.2 Å². The number of nitriles is 1. The van der Waals surface area contributed by atoms with Gasteiger partial charge in [-0.15, -0.1) is 5.10 Å². The van der Waals surface area contributed by atoms with E-state index in [1.54, 1.807) is 0 Å². The van der Waals surface area contributed by atoms with Gasteiger partial charge in [-0.25, -0.2) is 0 Å². The molecule has 0 fully saturated rings. The van der Waals surface area contributed by atoms with Crippen molar-refractivity contribution in [2.45, 2.75) is 26.7 Å². The highest BCUT2D eigenvalue weighted by atomic mass is 15.2. The van der Waals surface area contributed by atoms with Crippen LogP contribution in [0.3, 0.4) is 0 Å². The Balaban J connectivity index is 2.44. The Morgan fingerprint density at radius 2 is 1.84 bits per heavy atom. The Labute approximate surface area is 113 Å². The molecule has 0 aliphatic heterocycles. The largest absolute Gasteiger partial charge is 0.338 e. The maximum Gasteiger partial charge on any atom is 0.171 e. The molecule has 0 radical (unpaired) electrons. The van der Waals surface area contributed by atoms with E-state index in [-0.39, 0.29) is 0 Å². The van der Waals surface area contributed by atoms with E-state index in [1.165, 1.54) is 0 Å². The monoisotopic (exact) mass is 252 g/mol. The van der Waals surface area contributed by atoms with Crippen LogP contribution in [0.5, 0.6) is 0 Å². The van der Waals surface area contributed by atoms with Crippen LogP contribution in [0.15, 0.2) is 30.3 Å². The second kappa shape index (κ2) is 5.96. The molecular weight excluding hydrogens is 236 g/mol. The number of aryl methyl sites for hydroxylation is 1. The van der Waals surface area contributed by atoms with Crippen molar-refractivity contribution in [3.05, 3.63) is 47.2 Å². The molecule has 4 nitrogen and oxygen atoms in total. The summed E-state index contributed by atoms with van der Waals surface area (Å²) in [5.41, 5.74) is 3.38. The van der Waals surface area contributed by atoms with Crippen molar-refractivity contribution in [2.24, 2.45) is 0 Å². The number of aromatic nitrogens is 2. The van der Waals surface area contributed by atoms with Crippen molar-refractivity contribution in [1.82, 2.24) is 10.2 Å². The van der Waals surface area contributed by atoms with Crippen LogP contribution in [0.25, 0.3) is 0 Å². The quantitative estimate of drug-likeness (QED) is 0.907. The maximum absolute atomic E-state index is 9.37. The van der Waals surface area contributed by atoms with Gasteiger partial charge in [0.05, 0.1) is 5.69 Å². The average molecular weight is 252 g/mol. The van der Waals surface area contributed by atoms with Gasteiger partial charge in [0.2, 0.25) is 0 Å². The summed E-state index contributed by atoms with van der Waals surface area (Å²) in [6.07, 6.45) is 1.57. The molecule has 1 heterocycles. The van der Waals surface area contributed by atoms with Gasteiger partial charge in [0, 0.05) is 5.69 Å². The van der Waals surface area contributed by atoms with Crippen LogP contribution < -0.4 is 5.32 Å². The normalized spacial score (nSPS) is 9.95. The van der Waals surface area contributed by atoms with Crippen LogP contribution >= 0.6 is 0 Å². The van der Waals surface area contributed by atoms with Crippen molar-refractivity contribution in [1.29, 1.82) is 5.26 Å². The zero-order valence-corrected chi connectivity index (χ0v) is 11.1. The fraction of sp³-hybridized carbons (Fsp3) is 0.267. The molecule has 4 heteroatoms. The molecule has 19 heavy (non-hydrogen) atoms. The molecule has 0 aliphatic rings. The Morgan fingerprint density at radius 1 is 1.11 bits per heavy atom. The van der Waals surface area contributed by atoms with E-state index < -0.39 is 0 Å². The zero-order chi connectivity index (χ0) is 13.7. The van der Waals surface area contributed by atoms with E-state index in [4.69, 9.17) is 0 Å². The average Bonchev–Trinajstić information content (AvgIpc) is 2.47. The minimum absolute atomic E-state index is 0.530. The van der Waals surface area contributed by atoms with Crippen LogP contribution in [0.4, 0.5) is 11.5 Å². The highest BCUT2D eigenvalue weighted by Gasteiger charge is 2.14. The fourth-order valence-corrected chi connectivity index (χ4v) is 2.04. The number of hydrogen-bond acceptors (Lipinski definition) is 4. The fourth-order valence-electron chi connectivity index (χ4n) is 2.04. The predicted molar refractivity (Wildman–Crippen MR) is 75.2 cm³/mol. The van der Waals surface area contributed by atoms with Gasteiger partial charge in [-0.2, -0.15) is 10.4 Å². The van der Waals surface area contributed by atoms with Gasteiger partial charge in [0.15, 0.2) is 5.82 Å². The molecule has 1 aromatic heterocycles. The third kappa shape index (κ3) is 2.71. The van der Waals surface area contributed by atoms with Crippen molar-refractivity contribution in [3.8, 4) is 6.07 Å². The Bertz CT molecular complexity index is 600. The van der Waals surface area contributed by atoms with Crippen molar-refractivity contribution >= 4 is 11.5 Å². The first-order valence-corrected chi connectivity index (χ1v) is 6.40. The summed E-state index contributed by atoms with van der Waals surface area (Å²) in [5, 5.41) is 20.9. The molecule has 2 aromatic rings. The molecule has 0 bridgehead atoms. The van der Waals surface area contributed by atoms with Crippen molar-refractivity contribution < 1.29 is 0 Å². The molecular formula is C15H16N4. The summed E-state index contributed by atoms with van der Waals surface area (Å²) >= 11 is 0. The van der Waals surface area contributed by atoms with Gasteiger partial charge >= 0.3 is 0 Å². The van der Waals surface area contributed by atoms with E-state index in [9.17, 15) is 5.26 Å². The molecule has 96 valence electrons. The minimum atomic E-state index is 0.530. The number of rotatable bonds is 4. The van der Waals surface area contributed by atoms with E-state index >= 15 is 0 Å². The molecule has 0 aliphatic carbocycles. The lowest BCUT2D eigenvalue weighted by Gasteiger charge is -2.11. The summed E-state index contributed by atoms with van der Waals surface area (Å²) in [5.74, 6) is 0.530.